The van der Waals surface area contributed by atoms with Crippen LogP contribution in [0.3, 0.4) is 0 Å². The molecule has 2 aromatic heterocycles. The number of nitrogens with one attached hydrogen (secondary N) is 1. The molecule has 2 aromatic rings. The van der Waals surface area contributed by atoms with Crippen LogP contribution in [0.25, 0.3) is 0 Å². The van der Waals surface area contributed by atoms with Crippen molar-refractivity contribution < 1.29 is 5.11 Å². The van der Waals surface area contributed by atoms with E-state index >= 15 is 0 Å². The van der Waals surface area contributed by atoms with E-state index in [0.717, 1.165) is 63.5 Å². The first-order chi connectivity index (χ1) is 13.4. The van der Waals surface area contributed by atoms with Gasteiger partial charge in [0.05, 0.1) is 18.0 Å². The Bertz CT molecular complexity index is 809. The highest BCUT2D eigenvalue weighted by Crippen LogP contribution is 2.40. The minimum Gasteiger partial charge on any atom is -0.393 e. The third-order valence-corrected chi connectivity index (χ3v) is 5.98. The largest absolute Gasteiger partial charge is 0.393 e. The van der Waals surface area contributed by atoms with Crippen LogP contribution in [0, 0.1) is 5.41 Å². The molecular weight excluding hydrogens is 352 g/mol. The molecule has 152 valence electrons. The van der Waals surface area contributed by atoms with E-state index in [0.29, 0.717) is 0 Å². The fraction of sp³-hybridized carbons (Fsp3) is 0.667. The molecule has 0 aromatic carbocycles. The number of nitrogens with zero attached hydrogens (tertiary/aromatic N) is 5. The second-order valence-electron chi connectivity index (χ2n) is 8.97. The first-order valence-corrected chi connectivity index (χ1v) is 10.5. The van der Waals surface area contributed by atoms with Crippen LogP contribution in [0.4, 0.5) is 5.95 Å². The Morgan fingerprint density at radius 1 is 1.25 bits per heavy atom. The summed E-state index contributed by atoms with van der Waals surface area (Å²) in [4.78, 5) is 11.8. The molecule has 1 aliphatic heterocycles. The second-order valence-corrected chi connectivity index (χ2v) is 8.97. The maximum Gasteiger partial charge on any atom is 0.225 e. The molecule has 7 heteroatoms. The van der Waals surface area contributed by atoms with Gasteiger partial charge in [0, 0.05) is 55.7 Å². The molecule has 1 aliphatic carbocycles. The van der Waals surface area contributed by atoms with E-state index in [4.69, 9.17) is 4.98 Å². The molecule has 0 spiro atoms. The van der Waals surface area contributed by atoms with E-state index in [1.54, 1.807) is 0 Å². The molecule has 28 heavy (non-hydrogen) atoms. The molecule has 1 saturated heterocycles. The summed E-state index contributed by atoms with van der Waals surface area (Å²) in [5, 5.41) is 17.8. The van der Waals surface area contributed by atoms with Crippen molar-refractivity contribution in [3.05, 3.63) is 35.4 Å². The van der Waals surface area contributed by atoms with Crippen molar-refractivity contribution in [3.63, 3.8) is 0 Å². The molecule has 7 nitrogen and oxygen atoms in total. The zero-order valence-electron chi connectivity index (χ0n) is 17.2. The van der Waals surface area contributed by atoms with Crippen LogP contribution >= 0.6 is 0 Å². The zero-order chi connectivity index (χ0) is 19.7. The first kappa shape index (κ1) is 19.3. The van der Waals surface area contributed by atoms with Gasteiger partial charge in [0.1, 0.15) is 0 Å². The summed E-state index contributed by atoms with van der Waals surface area (Å²) in [5.41, 5.74) is 3.79. The monoisotopic (exact) mass is 384 g/mol. The lowest BCUT2D eigenvalue weighted by Gasteiger charge is -2.37. The Morgan fingerprint density at radius 3 is 2.75 bits per heavy atom. The minimum absolute atomic E-state index is 0.182. The highest BCUT2D eigenvalue weighted by Gasteiger charge is 2.34. The third kappa shape index (κ3) is 4.20. The van der Waals surface area contributed by atoms with Crippen molar-refractivity contribution in [2.75, 3.05) is 18.0 Å². The van der Waals surface area contributed by atoms with Gasteiger partial charge in [-0.1, -0.05) is 13.8 Å². The lowest BCUT2D eigenvalue weighted by atomic mass is 9.74. The van der Waals surface area contributed by atoms with Crippen LogP contribution in [0.1, 0.15) is 62.9 Å². The smallest absolute Gasteiger partial charge is 0.225 e. The predicted octanol–water partition coefficient (Wildman–Crippen LogP) is 2.46. The fourth-order valence-electron chi connectivity index (χ4n) is 4.35. The number of aliphatic hydroxyl groups excluding tert-OH is 1. The third-order valence-electron chi connectivity index (χ3n) is 5.98. The number of fused-ring (bicyclic) bond motifs is 1. The molecular formula is C21H32N6O. The summed E-state index contributed by atoms with van der Waals surface area (Å²) in [5.74, 6) is 0.811. The summed E-state index contributed by atoms with van der Waals surface area (Å²) in [6, 6.07) is 0.251. The van der Waals surface area contributed by atoms with Gasteiger partial charge < -0.3 is 15.3 Å². The quantitative estimate of drug-likeness (QED) is 0.824. The number of hydrogen-bond donors (Lipinski definition) is 2. The molecule has 2 N–H and O–H groups in total. The van der Waals surface area contributed by atoms with E-state index in [-0.39, 0.29) is 17.6 Å². The van der Waals surface area contributed by atoms with Gasteiger partial charge in [-0.25, -0.2) is 9.97 Å². The average molecular weight is 385 g/mol. The van der Waals surface area contributed by atoms with Gasteiger partial charge in [0.25, 0.3) is 0 Å². The van der Waals surface area contributed by atoms with E-state index in [1.165, 1.54) is 11.1 Å². The normalized spacial score (nSPS) is 22.3. The summed E-state index contributed by atoms with van der Waals surface area (Å²) >= 11 is 0. The van der Waals surface area contributed by atoms with Crippen molar-refractivity contribution in [1.29, 1.82) is 0 Å². The maximum atomic E-state index is 9.76. The van der Waals surface area contributed by atoms with Gasteiger partial charge in [0.2, 0.25) is 5.95 Å². The Balaban J connectivity index is 1.51. The number of aliphatic hydroxyl groups is 1. The van der Waals surface area contributed by atoms with Gasteiger partial charge in [-0.3, -0.25) is 4.68 Å². The van der Waals surface area contributed by atoms with Crippen molar-refractivity contribution in [1.82, 2.24) is 25.1 Å². The Morgan fingerprint density at radius 2 is 2.04 bits per heavy atom. The lowest BCUT2D eigenvalue weighted by Crippen LogP contribution is -2.38. The summed E-state index contributed by atoms with van der Waals surface area (Å²) < 4.78 is 1.96. The van der Waals surface area contributed by atoms with Crippen molar-refractivity contribution in [2.24, 2.45) is 5.41 Å². The van der Waals surface area contributed by atoms with E-state index in [2.05, 4.69) is 47.3 Å². The van der Waals surface area contributed by atoms with Gasteiger partial charge in [-0.05, 0) is 38.0 Å². The zero-order valence-corrected chi connectivity index (χ0v) is 17.2. The van der Waals surface area contributed by atoms with E-state index in [1.807, 2.05) is 17.1 Å². The number of piperidine rings is 1. The molecule has 0 saturated carbocycles. The van der Waals surface area contributed by atoms with Crippen LogP contribution in [-0.2, 0) is 19.5 Å². The lowest BCUT2D eigenvalue weighted by molar-refractivity contribution is 0.145. The van der Waals surface area contributed by atoms with Gasteiger partial charge in [-0.2, -0.15) is 5.10 Å². The molecule has 4 rings (SSSR count). The number of rotatable bonds is 5. The molecule has 1 fully saturated rings. The molecule has 3 heterocycles. The van der Waals surface area contributed by atoms with Crippen molar-refractivity contribution in [3.8, 4) is 0 Å². The van der Waals surface area contributed by atoms with Crippen LogP contribution in [0.2, 0.25) is 0 Å². The molecule has 2 aliphatic rings. The first-order valence-electron chi connectivity index (χ1n) is 10.5. The number of aromatic nitrogens is 4. The fourth-order valence-corrected chi connectivity index (χ4v) is 4.35. The SMILES string of the molecule is CCn1cc(CNC2CC(C)(C)Cc3nc(N4CCC(O)CC4)ncc32)cn1. The average Bonchev–Trinajstić information content (AvgIpc) is 3.13. The molecule has 0 bridgehead atoms. The van der Waals surface area contributed by atoms with Crippen molar-refractivity contribution in [2.45, 2.75) is 71.7 Å². The van der Waals surface area contributed by atoms with Gasteiger partial charge in [-0.15, -0.1) is 0 Å². The van der Waals surface area contributed by atoms with Gasteiger partial charge in [0.15, 0.2) is 0 Å². The van der Waals surface area contributed by atoms with Gasteiger partial charge >= 0.3 is 0 Å². The van der Waals surface area contributed by atoms with Crippen LogP contribution in [0.15, 0.2) is 18.6 Å². The number of anilines is 1. The summed E-state index contributed by atoms with van der Waals surface area (Å²) in [6.07, 6.45) is 9.51. The Hall–Kier alpha value is -1.99. The molecule has 1 unspecified atom stereocenters. The van der Waals surface area contributed by atoms with Crippen LogP contribution < -0.4 is 10.2 Å². The van der Waals surface area contributed by atoms with Crippen LogP contribution in [-0.4, -0.2) is 44.0 Å². The number of hydrogen-bond acceptors (Lipinski definition) is 6. The predicted molar refractivity (Wildman–Crippen MR) is 109 cm³/mol. The minimum atomic E-state index is -0.182. The molecule has 0 radical (unpaired) electrons. The Labute approximate surface area is 167 Å². The number of aryl methyl sites for hydroxylation is 1. The summed E-state index contributed by atoms with van der Waals surface area (Å²) in [7, 11) is 0. The standard InChI is InChI=1S/C21H32N6O/c1-4-27-14-15(12-24-27)11-22-18-9-21(2,3)10-19-17(18)13-23-20(25-19)26-7-5-16(28)6-8-26/h12-14,16,18,22,28H,4-11H2,1-3H3. The Kier molecular flexibility index (Phi) is 5.38. The molecule has 0 amide bonds. The molecule has 1 atom stereocenters. The maximum absolute atomic E-state index is 9.76. The highest BCUT2D eigenvalue weighted by atomic mass is 16.3. The topological polar surface area (TPSA) is 79.1 Å². The van der Waals surface area contributed by atoms with E-state index in [9.17, 15) is 5.11 Å². The van der Waals surface area contributed by atoms with E-state index < -0.39 is 0 Å². The summed E-state index contributed by atoms with van der Waals surface area (Å²) in [6.45, 7) is 10.1. The second kappa shape index (κ2) is 7.79. The highest BCUT2D eigenvalue weighted by molar-refractivity contribution is 5.37. The van der Waals surface area contributed by atoms with Crippen LogP contribution in [0.5, 0.6) is 0 Å². The van der Waals surface area contributed by atoms with Crippen molar-refractivity contribution >= 4 is 5.95 Å².